The molecule has 1 atom stereocenters. The molecule has 0 spiro atoms. The molecule has 0 aliphatic carbocycles. The van der Waals surface area contributed by atoms with Crippen LogP contribution in [-0.2, 0) is 4.79 Å². The van der Waals surface area contributed by atoms with Gasteiger partial charge in [0, 0.05) is 13.5 Å². The monoisotopic (exact) mass is 159 g/mol. The third-order valence-electron chi connectivity index (χ3n) is 1.75. The number of carbonyl (C=O) groups excluding carboxylic acids is 1. The Hall–Kier alpha value is -0.180. The van der Waals surface area contributed by atoms with Crippen molar-refractivity contribution >= 4 is 17.7 Å². The van der Waals surface area contributed by atoms with E-state index >= 15 is 0 Å². The van der Waals surface area contributed by atoms with Crippen molar-refractivity contribution in [2.24, 2.45) is 0 Å². The Morgan fingerprint density at radius 2 is 2.40 bits per heavy atom. The Morgan fingerprint density at radius 3 is 2.80 bits per heavy atom. The van der Waals surface area contributed by atoms with E-state index in [4.69, 9.17) is 0 Å². The molecule has 3 heteroatoms. The van der Waals surface area contributed by atoms with E-state index in [-0.39, 0.29) is 5.91 Å². The third-order valence-corrected chi connectivity index (χ3v) is 3.01. The fourth-order valence-electron chi connectivity index (χ4n) is 1.17. The molecule has 1 aliphatic rings. The second-order valence-electron chi connectivity index (χ2n) is 2.54. The van der Waals surface area contributed by atoms with E-state index < -0.39 is 0 Å². The second-order valence-corrected chi connectivity index (χ2v) is 3.96. The van der Waals surface area contributed by atoms with Gasteiger partial charge in [0.25, 0.3) is 0 Å². The summed E-state index contributed by atoms with van der Waals surface area (Å²) < 4.78 is 0. The van der Waals surface area contributed by atoms with Crippen molar-refractivity contribution in [2.75, 3.05) is 12.3 Å². The summed E-state index contributed by atoms with van der Waals surface area (Å²) in [5.74, 6) is 1.41. The van der Waals surface area contributed by atoms with Crippen LogP contribution in [0.5, 0.6) is 0 Å². The molecule has 2 nitrogen and oxygen atoms in total. The Labute approximate surface area is 66.0 Å². The molecule has 0 bridgehead atoms. The number of hydrogen-bond acceptors (Lipinski definition) is 2. The van der Waals surface area contributed by atoms with Crippen LogP contribution in [0.1, 0.15) is 20.3 Å². The number of nitrogens with zero attached hydrogens (tertiary/aromatic N) is 1. The summed E-state index contributed by atoms with van der Waals surface area (Å²) in [7, 11) is 0. The topological polar surface area (TPSA) is 20.3 Å². The first kappa shape index (κ1) is 7.92. The zero-order valence-corrected chi connectivity index (χ0v) is 7.28. The average molecular weight is 159 g/mol. The maximum Gasteiger partial charge on any atom is 0.220 e. The predicted octanol–water partition coefficient (Wildman–Crippen LogP) is 1.32. The smallest absolute Gasteiger partial charge is 0.220 e. The highest BCUT2D eigenvalue weighted by Gasteiger charge is 2.19. The standard InChI is InChI=1S/C7H13NOS/c1-6(9)8-4-3-5-10-7(8)2/h7H,3-5H2,1-2H3. The summed E-state index contributed by atoms with van der Waals surface area (Å²) in [6, 6.07) is 0. The molecule has 58 valence electrons. The Morgan fingerprint density at radius 1 is 1.70 bits per heavy atom. The quantitative estimate of drug-likeness (QED) is 0.531. The molecule has 0 N–H and O–H groups in total. The lowest BCUT2D eigenvalue weighted by molar-refractivity contribution is -0.129. The van der Waals surface area contributed by atoms with Gasteiger partial charge in [-0.15, -0.1) is 11.8 Å². The number of rotatable bonds is 0. The van der Waals surface area contributed by atoms with E-state index in [1.54, 1.807) is 6.92 Å². The summed E-state index contributed by atoms with van der Waals surface area (Å²) in [5, 5.41) is 0.395. The highest BCUT2D eigenvalue weighted by molar-refractivity contribution is 7.99. The van der Waals surface area contributed by atoms with E-state index in [0.717, 1.165) is 13.0 Å². The molecule has 10 heavy (non-hydrogen) atoms. The van der Waals surface area contributed by atoms with E-state index in [2.05, 4.69) is 6.92 Å². The maximum absolute atomic E-state index is 10.9. The van der Waals surface area contributed by atoms with Gasteiger partial charge in [0.05, 0.1) is 5.37 Å². The summed E-state index contributed by atoms with van der Waals surface area (Å²) in [6.07, 6.45) is 1.15. The molecular formula is C7H13NOS. The minimum absolute atomic E-state index is 0.208. The minimum Gasteiger partial charge on any atom is -0.331 e. The van der Waals surface area contributed by atoms with Crippen molar-refractivity contribution in [1.82, 2.24) is 4.90 Å². The van der Waals surface area contributed by atoms with Crippen molar-refractivity contribution < 1.29 is 4.79 Å². The molecule has 0 aromatic carbocycles. The van der Waals surface area contributed by atoms with Crippen molar-refractivity contribution in [3.05, 3.63) is 0 Å². The van der Waals surface area contributed by atoms with Crippen molar-refractivity contribution in [1.29, 1.82) is 0 Å². The van der Waals surface area contributed by atoms with Gasteiger partial charge in [0.1, 0.15) is 0 Å². The molecule has 0 radical (unpaired) electrons. The van der Waals surface area contributed by atoms with Crippen LogP contribution in [0.4, 0.5) is 0 Å². The molecule has 1 aliphatic heterocycles. The highest BCUT2D eigenvalue weighted by Crippen LogP contribution is 2.21. The predicted molar refractivity (Wildman–Crippen MR) is 43.9 cm³/mol. The Kier molecular flexibility index (Phi) is 2.60. The van der Waals surface area contributed by atoms with Gasteiger partial charge >= 0.3 is 0 Å². The van der Waals surface area contributed by atoms with Crippen LogP contribution in [0.3, 0.4) is 0 Å². The largest absolute Gasteiger partial charge is 0.331 e. The van der Waals surface area contributed by atoms with Crippen LogP contribution in [0.2, 0.25) is 0 Å². The van der Waals surface area contributed by atoms with Crippen molar-refractivity contribution in [2.45, 2.75) is 25.6 Å². The van der Waals surface area contributed by atoms with E-state index in [0.29, 0.717) is 5.37 Å². The minimum atomic E-state index is 0.208. The van der Waals surface area contributed by atoms with Gasteiger partial charge in [-0.2, -0.15) is 0 Å². The van der Waals surface area contributed by atoms with E-state index in [1.165, 1.54) is 5.75 Å². The average Bonchev–Trinajstić information content (AvgIpc) is 1.88. The van der Waals surface area contributed by atoms with Gasteiger partial charge in [0.2, 0.25) is 5.91 Å². The van der Waals surface area contributed by atoms with Gasteiger partial charge in [-0.1, -0.05) is 0 Å². The lowest BCUT2D eigenvalue weighted by Gasteiger charge is -2.31. The molecule has 1 amide bonds. The third kappa shape index (κ3) is 1.66. The summed E-state index contributed by atoms with van der Waals surface area (Å²) in [6.45, 7) is 4.68. The van der Waals surface area contributed by atoms with E-state index in [1.807, 2.05) is 16.7 Å². The zero-order chi connectivity index (χ0) is 7.56. The first-order chi connectivity index (χ1) is 4.72. The van der Waals surface area contributed by atoms with Gasteiger partial charge in [0.15, 0.2) is 0 Å². The molecule has 1 fully saturated rings. The molecule has 1 heterocycles. The van der Waals surface area contributed by atoms with Crippen LogP contribution in [0.25, 0.3) is 0 Å². The first-order valence-corrected chi connectivity index (χ1v) is 4.65. The number of carbonyl (C=O) groups is 1. The fraction of sp³-hybridized carbons (Fsp3) is 0.857. The SMILES string of the molecule is CC(=O)N1CCCSC1C. The Bertz CT molecular complexity index is 138. The van der Waals surface area contributed by atoms with Crippen LogP contribution in [0.15, 0.2) is 0 Å². The maximum atomic E-state index is 10.9. The van der Waals surface area contributed by atoms with Crippen molar-refractivity contribution in [3.63, 3.8) is 0 Å². The molecule has 1 unspecified atom stereocenters. The summed E-state index contributed by atoms with van der Waals surface area (Å²) in [4.78, 5) is 12.8. The molecule has 1 rings (SSSR count). The molecule has 0 aromatic rings. The Balaban J connectivity index is 2.47. The molecular weight excluding hydrogens is 146 g/mol. The van der Waals surface area contributed by atoms with E-state index in [9.17, 15) is 4.79 Å². The molecule has 0 saturated carbocycles. The number of thioether (sulfide) groups is 1. The normalized spacial score (nSPS) is 26.6. The summed E-state index contributed by atoms with van der Waals surface area (Å²) in [5.41, 5.74) is 0. The van der Waals surface area contributed by atoms with Crippen LogP contribution >= 0.6 is 11.8 Å². The van der Waals surface area contributed by atoms with Gasteiger partial charge in [-0.25, -0.2) is 0 Å². The molecule has 1 saturated heterocycles. The first-order valence-electron chi connectivity index (χ1n) is 3.60. The lowest BCUT2D eigenvalue weighted by Crippen LogP contribution is -2.39. The van der Waals surface area contributed by atoms with Crippen LogP contribution < -0.4 is 0 Å². The number of hydrogen-bond donors (Lipinski definition) is 0. The van der Waals surface area contributed by atoms with Gasteiger partial charge in [-0.3, -0.25) is 4.79 Å². The van der Waals surface area contributed by atoms with Crippen molar-refractivity contribution in [3.8, 4) is 0 Å². The zero-order valence-electron chi connectivity index (χ0n) is 6.46. The second kappa shape index (κ2) is 3.28. The molecule has 0 aromatic heterocycles. The van der Waals surface area contributed by atoms with Gasteiger partial charge in [-0.05, 0) is 19.1 Å². The highest BCUT2D eigenvalue weighted by atomic mass is 32.2. The van der Waals surface area contributed by atoms with Crippen LogP contribution in [-0.4, -0.2) is 28.5 Å². The fourth-order valence-corrected chi connectivity index (χ4v) is 2.24. The van der Waals surface area contributed by atoms with Crippen LogP contribution in [0, 0.1) is 0 Å². The number of amides is 1. The summed E-state index contributed by atoms with van der Waals surface area (Å²) >= 11 is 1.86. The lowest BCUT2D eigenvalue weighted by atomic mass is 10.4. The van der Waals surface area contributed by atoms with Gasteiger partial charge < -0.3 is 4.90 Å².